The standard InChI is InChI=1S/C11H13NO4/c1-8-6-9(12(13)14)2-3-11(8)16-10-4-5-15-7-10/h2-3,6,10H,4-5,7H2,1H3. The van der Waals surface area contributed by atoms with Crippen molar-refractivity contribution < 1.29 is 14.4 Å². The van der Waals surface area contributed by atoms with Gasteiger partial charge in [0.2, 0.25) is 0 Å². The highest BCUT2D eigenvalue weighted by molar-refractivity contribution is 5.43. The molecule has 1 aliphatic rings. The first-order chi connectivity index (χ1) is 7.66. The van der Waals surface area contributed by atoms with Gasteiger partial charge >= 0.3 is 0 Å². The topological polar surface area (TPSA) is 61.6 Å². The molecule has 1 atom stereocenters. The van der Waals surface area contributed by atoms with Crippen LogP contribution < -0.4 is 4.74 Å². The average Bonchev–Trinajstić information content (AvgIpc) is 2.73. The van der Waals surface area contributed by atoms with Gasteiger partial charge in [-0.3, -0.25) is 10.1 Å². The van der Waals surface area contributed by atoms with Gasteiger partial charge in [0, 0.05) is 18.6 Å². The first-order valence-electron chi connectivity index (χ1n) is 5.16. The van der Waals surface area contributed by atoms with Crippen LogP contribution >= 0.6 is 0 Å². The third kappa shape index (κ3) is 2.30. The Balaban J connectivity index is 2.12. The van der Waals surface area contributed by atoms with E-state index in [-0.39, 0.29) is 11.8 Å². The van der Waals surface area contributed by atoms with Crippen LogP contribution in [-0.4, -0.2) is 24.2 Å². The Bertz CT molecular complexity index is 399. The molecule has 0 aliphatic carbocycles. The molecule has 0 radical (unpaired) electrons. The van der Waals surface area contributed by atoms with Gasteiger partial charge in [0.15, 0.2) is 0 Å². The van der Waals surface area contributed by atoms with E-state index in [2.05, 4.69) is 0 Å². The lowest BCUT2D eigenvalue weighted by Gasteiger charge is -2.13. The Hall–Kier alpha value is -1.62. The van der Waals surface area contributed by atoms with Gasteiger partial charge in [-0.05, 0) is 18.6 Å². The van der Waals surface area contributed by atoms with Crippen molar-refractivity contribution in [1.29, 1.82) is 0 Å². The summed E-state index contributed by atoms with van der Waals surface area (Å²) in [6.07, 6.45) is 0.941. The smallest absolute Gasteiger partial charge is 0.269 e. The van der Waals surface area contributed by atoms with Crippen molar-refractivity contribution in [2.45, 2.75) is 19.4 Å². The zero-order valence-corrected chi connectivity index (χ0v) is 9.01. The molecule has 1 heterocycles. The van der Waals surface area contributed by atoms with E-state index in [4.69, 9.17) is 9.47 Å². The lowest BCUT2D eigenvalue weighted by molar-refractivity contribution is -0.384. The number of ether oxygens (including phenoxy) is 2. The van der Waals surface area contributed by atoms with Gasteiger partial charge in [0.25, 0.3) is 5.69 Å². The van der Waals surface area contributed by atoms with Crippen LogP contribution in [0.25, 0.3) is 0 Å². The lowest BCUT2D eigenvalue weighted by Crippen LogP contribution is -2.16. The number of nitro groups is 1. The van der Waals surface area contributed by atoms with Crippen LogP contribution in [0.2, 0.25) is 0 Å². The number of benzene rings is 1. The van der Waals surface area contributed by atoms with E-state index < -0.39 is 4.92 Å². The highest BCUT2D eigenvalue weighted by atomic mass is 16.6. The van der Waals surface area contributed by atoms with Crippen molar-refractivity contribution in [2.24, 2.45) is 0 Å². The monoisotopic (exact) mass is 223 g/mol. The molecule has 1 fully saturated rings. The largest absolute Gasteiger partial charge is 0.488 e. The molecule has 1 aromatic carbocycles. The number of aryl methyl sites for hydroxylation is 1. The molecule has 0 bridgehead atoms. The predicted molar refractivity (Wildman–Crippen MR) is 57.7 cm³/mol. The lowest BCUT2D eigenvalue weighted by atomic mass is 10.2. The number of nitro benzene ring substituents is 1. The Morgan fingerprint density at radius 1 is 1.56 bits per heavy atom. The number of hydrogen-bond donors (Lipinski definition) is 0. The number of hydrogen-bond acceptors (Lipinski definition) is 4. The Morgan fingerprint density at radius 3 is 2.94 bits per heavy atom. The zero-order chi connectivity index (χ0) is 11.5. The van der Waals surface area contributed by atoms with Gasteiger partial charge in [0.05, 0.1) is 18.1 Å². The van der Waals surface area contributed by atoms with Gasteiger partial charge in [-0.2, -0.15) is 0 Å². The Morgan fingerprint density at radius 2 is 2.38 bits per heavy atom. The molecule has 1 saturated heterocycles. The third-order valence-electron chi connectivity index (χ3n) is 2.55. The summed E-state index contributed by atoms with van der Waals surface area (Å²) in [6, 6.07) is 4.62. The first kappa shape index (κ1) is 10.9. The predicted octanol–water partition coefficient (Wildman–Crippen LogP) is 2.07. The van der Waals surface area contributed by atoms with Gasteiger partial charge in [0.1, 0.15) is 11.9 Å². The fourth-order valence-corrected chi connectivity index (χ4v) is 1.66. The minimum absolute atomic E-state index is 0.0696. The van der Waals surface area contributed by atoms with Crippen LogP contribution in [0.1, 0.15) is 12.0 Å². The number of non-ortho nitro benzene ring substituents is 1. The first-order valence-corrected chi connectivity index (χ1v) is 5.16. The molecule has 16 heavy (non-hydrogen) atoms. The summed E-state index contributed by atoms with van der Waals surface area (Å²) in [5, 5.41) is 10.6. The van der Waals surface area contributed by atoms with Crippen LogP contribution in [-0.2, 0) is 4.74 Å². The van der Waals surface area contributed by atoms with Crippen LogP contribution in [0, 0.1) is 17.0 Å². The average molecular weight is 223 g/mol. The van der Waals surface area contributed by atoms with Crippen molar-refractivity contribution in [1.82, 2.24) is 0 Å². The molecule has 0 saturated carbocycles. The summed E-state index contributed by atoms with van der Waals surface area (Å²) < 4.78 is 10.9. The van der Waals surface area contributed by atoms with E-state index in [0.29, 0.717) is 12.4 Å². The molecule has 0 amide bonds. The molecule has 0 N–H and O–H groups in total. The summed E-state index contributed by atoms with van der Waals surface area (Å²) in [6.45, 7) is 3.12. The highest BCUT2D eigenvalue weighted by Crippen LogP contribution is 2.25. The second-order valence-electron chi connectivity index (χ2n) is 3.81. The van der Waals surface area contributed by atoms with E-state index in [1.807, 2.05) is 0 Å². The van der Waals surface area contributed by atoms with Crippen molar-refractivity contribution in [3.8, 4) is 5.75 Å². The van der Waals surface area contributed by atoms with E-state index in [9.17, 15) is 10.1 Å². The molecule has 5 heteroatoms. The molecule has 5 nitrogen and oxygen atoms in total. The molecule has 2 rings (SSSR count). The van der Waals surface area contributed by atoms with Gasteiger partial charge in [-0.15, -0.1) is 0 Å². The fraction of sp³-hybridized carbons (Fsp3) is 0.455. The third-order valence-corrected chi connectivity index (χ3v) is 2.55. The van der Waals surface area contributed by atoms with Crippen LogP contribution in [0.5, 0.6) is 5.75 Å². The second-order valence-corrected chi connectivity index (χ2v) is 3.81. The highest BCUT2D eigenvalue weighted by Gasteiger charge is 2.18. The van der Waals surface area contributed by atoms with Crippen molar-refractivity contribution in [2.75, 3.05) is 13.2 Å². The fourth-order valence-electron chi connectivity index (χ4n) is 1.66. The second kappa shape index (κ2) is 4.49. The van der Waals surface area contributed by atoms with Crippen molar-refractivity contribution >= 4 is 5.69 Å². The number of rotatable bonds is 3. The maximum absolute atomic E-state index is 10.6. The quantitative estimate of drug-likeness (QED) is 0.581. The summed E-state index contributed by atoms with van der Waals surface area (Å²) in [7, 11) is 0. The molecule has 0 aromatic heterocycles. The summed E-state index contributed by atoms with van der Waals surface area (Å²) in [5.74, 6) is 0.695. The molecule has 1 unspecified atom stereocenters. The molecular formula is C11H13NO4. The van der Waals surface area contributed by atoms with E-state index in [1.165, 1.54) is 12.1 Å². The zero-order valence-electron chi connectivity index (χ0n) is 9.01. The molecule has 86 valence electrons. The summed E-state index contributed by atoms with van der Waals surface area (Å²) in [4.78, 5) is 10.1. The molecular weight excluding hydrogens is 210 g/mol. The normalized spacial score (nSPS) is 19.7. The van der Waals surface area contributed by atoms with Crippen LogP contribution in [0.15, 0.2) is 18.2 Å². The van der Waals surface area contributed by atoms with Gasteiger partial charge < -0.3 is 9.47 Å². The minimum atomic E-state index is -0.407. The SMILES string of the molecule is Cc1cc([N+](=O)[O-])ccc1OC1CCOC1. The molecule has 1 aliphatic heterocycles. The number of nitrogens with zero attached hydrogens (tertiary/aromatic N) is 1. The van der Waals surface area contributed by atoms with Gasteiger partial charge in [-0.1, -0.05) is 0 Å². The molecule has 0 spiro atoms. The molecule has 1 aromatic rings. The van der Waals surface area contributed by atoms with E-state index in [0.717, 1.165) is 18.6 Å². The Kier molecular flexibility index (Phi) is 3.05. The van der Waals surface area contributed by atoms with Gasteiger partial charge in [-0.25, -0.2) is 0 Å². The van der Waals surface area contributed by atoms with E-state index in [1.54, 1.807) is 13.0 Å². The summed E-state index contributed by atoms with van der Waals surface area (Å²) in [5.41, 5.74) is 0.869. The van der Waals surface area contributed by atoms with E-state index >= 15 is 0 Å². The summed E-state index contributed by atoms with van der Waals surface area (Å²) >= 11 is 0. The Labute approximate surface area is 93.1 Å². The van der Waals surface area contributed by atoms with Crippen LogP contribution in [0.4, 0.5) is 5.69 Å². The van der Waals surface area contributed by atoms with Crippen LogP contribution in [0.3, 0.4) is 0 Å². The maximum atomic E-state index is 10.6. The van der Waals surface area contributed by atoms with Crippen molar-refractivity contribution in [3.63, 3.8) is 0 Å². The maximum Gasteiger partial charge on any atom is 0.269 e. The van der Waals surface area contributed by atoms with Crippen molar-refractivity contribution in [3.05, 3.63) is 33.9 Å². The minimum Gasteiger partial charge on any atom is -0.488 e.